The molecule has 136 valence electrons. The number of rotatable bonds is 5. The van der Waals surface area contributed by atoms with Crippen LogP contribution in [0, 0.1) is 18.3 Å². The second kappa shape index (κ2) is 8.11. The highest BCUT2D eigenvalue weighted by molar-refractivity contribution is 9.10. The molecular formula is C21H17BrN2O3. The Bertz CT molecular complexity index is 1080. The monoisotopic (exact) mass is 424 g/mol. The number of aromatic nitrogens is 1. The van der Waals surface area contributed by atoms with Gasteiger partial charge in [0.2, 0.25) is 0 Å². The number of H-pyrrole nitrogens is 1. The van der Waals surface area contributed by atoms with E-state index in [0.29, 0.717) is 34.9 Å². The number of hydrogen-bond acceptors (Lipinski definition) is 4. The van der Waals surface area contributed by atoms with Crippen molar-refractivity contribution in [1.82, 2.24) is 4.98 Å². The van der Waals surface area contributed by atoms with Gasteiger partial charge in [0, 0.05) is 15.7 Å². The molecule has 0 bridgehead atoms. The second-order valence-electron chi connectivity index (χ2n) is 5.97. The molecule has 6 heteroatoms. The number of aryl methyl sites for hydroxylation is 1. The lowest BCUT2D eigenvalue weighted by Crippen LogP contribution is -2.12. The van der Waals surface area contributed by atoms with Crippen LogP contribution in [-0.2, 0) is 6.61 Å². The number of benzene rings is 2. The van der Waals surface area contributed by atoms with E-state index in [4.69, 9.17) is 9.47 Å². The number of halogens is 1. The zero-order valence-electron chi connectivity index (χ0n) is 14.9. The van der Waals surface area contributed by atoms with Crippen molar-refractivity contribution in [3.8, 4) is 28.7 Å². The van der Waals surface area contributed by atoms with Gasteiger partial charge in [-0.15, -0.1) is 0 Å². The van der Waals surface area contributed by atoms with Gasteiger partial charge in [0.05, 0.1) is 7.11 Å². The summed E-state index contributed by atoms with van der Waals surface area (Å²) in [6.07, 6.45) is 0. The Balaban J connectivity index is 1.99. The zero-order valence-corrected chi connectivity index (χ0v) is 16.5. The number of nitrogens with one attached hydrogen (secondary N) is 1. The fourth-order valence-corrected chi connectivity index (χ4v) is 3.22. The van der Waals surface area contributed by atoms with Crippen LogP contribution in [0.3, 0.4) is 0 Å². The Hall–Kier alpha value is -3.04. The summed E-state index contributed by atoms with van der Waals surface area (Å²) >= 11 is 3.44. The van der Waals surface area contributed by atoms with Gasteiger partial charge in [-0.3, -0.25) is 4.79 Å². The van der Waals surface area contributed by atoms with Crippen molar-refractivity contribution in [2.75, 3.05) is 7.11 Å². The molecule has 0 radical (unpaired) electrons. The van der Waals surface area contributed by atoms with E-state index in [9.17, 15) is 10.1 Å². The molecule has 0 atom stereocenters. The SMILES string of the molecule is COc1ccc(-c2cc(C)[nH]c(=O)c2C#N)cc1OCc1cccc(Br)c1. The first-order valence-electron chi connectivity index (χ1n) is 8.21. The molecule has 5 nitrogen and oxygen atoms in total. The normalized spacial score (nSPS) is 10.3. The average molecular weight is 425 g/mol. The number of methoxy groups -OCH3 is 1. The molecule has 3 rings (SSSR count). The fourth-order valence-electron chi connectivity index (χ4n) is 2.77. The standard InChI is InChI=1S/C21H17BrN2O3/c1-13-8-17(18(11-23)21(25)24-13)15-6-7-19(26-2)20(10-15)27-12-14-4-3-5-16(22)9-14/h3-10H,12H2,1-2H3,(H,24,25). The molecule has 1 aromatic heterocycles. The summed E-state index contributed by atoms with van der Waals surface area (Å²) in [4.78, 5) is 14.7. The van der Waals surface area contributed by atoms with Crippen molar-refractivity contribution in [3.05, 3.63) is 80.2 Å². The van der Waals surface area contributed by atoms with Crippen LogP contribution in [0.1, 0.15) is 16.8 Å². The van der Waals surface area contributed by atoms with E-state index >= 15 is 0 Å². The predicted octanol–water partition coefficient (Wildman–Crippen LogP) is 4.57. The van der Waals surface area contributed by atoms with E-state index < -0.39 is 5.56 Å². The van der Waals surface area contributed by atoms with E-state index in [1.54, 1.807) is 38.3 Å². The first-order valence-corrected chi connectivity index (χ1v) is 9.01. The highest BCUT2D eigenvalue weighted by Crippen LogP contribution is 2.34. The van der Waals surface area contributed by atoms with Crippen molar-refractivity contribution in [3.63, 3.8) is 0 Å². The maximum absolute atomic E-state index is 12.1. The quantitative estimate of drug-likeness (QED) is 0.650. The molecule has 0 saturated carbocycles. The Morgan fingerprint density at radius 1 is 1.15 bits per heavy atom. The summed E-state index contributed by atoms with van der Waals surface area (Å²) in [7, 11) is 1.57. The number of aromatic amines is 1. The lowest BCUT2D eigenvalue weighted by Gasteiger charge is -2.13. The van der Waals surface area contributed by atoms with E-state index in [2.05, 4.69) is 20.9 Å². The van der Waals surface area contributed by atoms with Crippen molar-refractivity contribution in [1.29, 1.82) is 5.26 Å². The van der Waals surface area contributed by atoms with Gasteiger partial charge in [-0.1, -0.05) is 34.1 Å². The summed E-state index contributed by atoms with van der Waals surface area (Å²) in [6.45, 7) is 2.14. The minimum absolute atomic E-state index is 0.0729. The maximum Gasteiger partial charge on any atom is 0.266 e. The Morgan fingerprint density at radius 3 is 2.67 bits per heavy atom. The topological polar surface area (TPSA) is 75.1 Å². The zero-order chi connectivity index (χ0) is 19.4. The Morgan fingerprint density at radius 2 is 1.96 bits per heavy atom. The van der Waals surface area contributed by atoms with E-state index in [-0.39, 0.29) is 5.56 Å². The lowest BCUT2D eigenvalue weighted by molar-refractivity contribution is 0.284. The number of nitrogens with zero attached hydrogens (tertiary/aromatic N) is 1. The molecule has 0 saturated heterocycles. The molecule has 0 spiro atoms. The van der Waals surface area contributed by atoms with Crippen LogP contribution in [0.25, 0.3) is 11.1 Å². The molecule has 0 aliphatic carbocycles. The molecule has 0 aliphatic heterocycles. The van der Waals surface area contributed by atoms with E-state index in [1.807, 2.05) is 30.3 Å². The molecule has 27 heavy (non-hydrogen) atoms. The van der Waals surface area contributed by atoms with Crippen LogP contribution < -0.4 is 15.0 Å². The molecule has 0 unspecified atom stereocenters. The summed E-state index contributed by atoms with van der Waals surface area (Å²) < 4.78 is 12.3. The van der Waals surface area contributed by atoms with Gasteiger partial charge in [0.15, 0.2) is 11.5 Å². The van der Waals surface area contributed by atoms with Crippen LogP contribution >= 0.6 is 15.9 Å². The smallest absolute Gasteiger partial charge is 0.266 e. The third-order valence-corrected chi connectivity index (χ3v) is 4.53. The maximum atomic E-state index is 12.1. The molecule has 1 heterocycles. The van der Waals surface area contributed by atoms with Gasteiger partial charge in [-0.05, 0) is 48.4 Å². The molecule has 0 aliphatic rings. The van der Waals surface area contributed by atoms with Gasteiger partial charge in [0.25, 0.3) is 5.56 Å². The Kier molecular flexibility index (Phi) is 5.63. The molecular weight excluding hydrogens is 408 g/mol. The highest BCUT2D eigenvalue weighted by Gasteiger charge is 2.13. The summed E-state index contributed by atoms with van der Waals surface area (Å²) in [5.41, 5.74) is 2.63. The van der Waals surface area contributed by atoms with Crippen LogP contribution in [-0.4, -0.2) is 12.1 Å². The summed E-state index contributed by atoms with van der Waals surface area (Å²) in [5.74, 6) is 1.12. The largest absolute Gasteiger partial charge is 0.493 e. The van der Waals surface area contributed by atoms with Gasteiger partial charge in [-0.25, -0.2) is 0 Å². The molecule has 2 aromatic carbocycles. The minimum Gasteiger partial charge on any atom is -0.493 e. The van der Waals surface area contributed by atoms with Crippen molar-refractivity contribution in [2.45, 2.75) is 13.5 Å². The van der Waals surface area contributed by atoms with Crippen molar-refractivity contribution in [2.24, 2.45) is 0 Å². The Labute approximate surface area is 165 Å². The molecule has 1 N–H and O–H groups in total. The van der Waals surface area contributed by atoms with Crippen LogP contribution in [0.15, 0.2) is 57.8 Å². The first kappa shape index (κ1) is 18.7. The number of nitriles is 1. The second-order valence-corrected chi connectivity index (χ2v) is 6.88. The minimum atomic E-state index is -0.403. The van der Waals surface area contributed by atoms with E-state index in [0.717, 1.165) is 10.0 Å². The van der Waals surface area contributed by atoms with Crippen LogP contribution in [0.2, 0.25) is 0 Å². The number of ether oxygens (including phenoxy) is 2. The van der Waals surface area contributed by atoms with Gasteiger partial charge >= 0.3 is 0 Å². The average Bonchev–Trinajstić information content (AvgIpc) is 2.65. The van der Waals surface area contributed by atoms with E-state index in [1.165, 1.54) is 0 Å². The molecule has 0 amide bonds. The number of pyridine rings is 1. The fraction of sp³-hybridized carbons (Fsp3) is 0.143. The van der Waals surface area contributed by atoms with Gasteiger partial charge < -0.3 is 14.5 Å². The van der Waals surface area contributed by atoms with Gasteiger partial charge in [0.1, 0.15) is 18.2 Å². The van der Waals surface area contributed by atoms with Crippen molar-refractivity contribution < 1.29 is 9.47 Å². The summed E-state index contributed by atoms with van der Waals surface area (Å²) in [5, 5.41) is 9.37. The third-order valence-electron chi connectivity index (χ3n) is 4.04. The molecule has 3 aromatic rings. The number of hydrogen-bond donors (Lipinski definition) is 1. The van der Waals surface area contributed by atoms with Crippen LogP contribution in [0.5, 0.6) is 11.5 Å². The van der Waals surface area contributed by atoms with Crippen LogP contribution in [0.4, 0.5) is 0 Å². The predicted molar refractivity (Wildman–Crippen MR) is 107 cm³/mol. The van der Waals surface area contributed by atoms with Crippen molar-refractivity contribution >= 4 is 15.9 Å². The first-order chi connectivity index (χ1) is 13.0. The summed E-state index contributed by atoms with van der Waals surface area (Å²) in [6, 6.07) is 16.9. The van der Waals surface area contributed by atoms with Gasteiger partial charge in [-0.2, -0.15) is 5.26 Å². The molecule has 0 fully saturated rings. The third kappa shape index (κ3) is 4.21. The lowest BCUT2D eigenvalue weighted by atomic mass is 10.0. The highest BCUT2D eigenvalue weighted by atomic mass is 79.9.